The molecule has 0 unspecified atom stereocenters. The van der Waals surface area contributed by atoms with Gasteiger partial charge in [-0.2, -0.15) is 0 Å². The van der Waals surface area contributed by atoms with Gasteiger partial charge >= 0.3 is 0 Å². The number of rotatable bonds is 8. The number of thiazole rings is 1. The summed E-state index contributed by atoms with van der Waals surface area (Å²) in [7, 11) is 1.70. The molecule has 5 heteroatoms. The van der Waals surface area contributed by atoms with Gasteiger partial charge < -0.3 is 14.8 Å². The number of nitrogens with zero attached hydrogens (tertiary/aromatic N) is 1. The summed E-state index contributed by atoms with van der Waals surface area (Å²) < 4.78 is 10.4. The minimum Gasteiger partial charge on any atom is -0.494 e. The smallest absolute Gasteiger partial charge is 0.123 e. The fourth-order valence-electron chi connectivity index (χ4n) is 1.77. The molecule has 1 heterocycles. The van der Waals surface area contributed by atoms with Gasteiger partial charge in [-0.25, -0.2) is 4.98 Å². The van der Waals surface area contributed by atoms with Gasteiger partial charge in [-0.05, 0) is 31.2 Å². The number of benzene rings is 1. The maximum Gasteiger partial charge on any atom is 0.123 e. The molecule has 2 aromatic rings. The third-order valence-electron chi connectivity index (χ3n) is 2.75. The molecule has 20 heavy (non-hydrogen) atoms. The van der Waals surface area contributed by atoms with Crippen molar-refractivity contribution < 1.29 is 9.47 Å². The van der Waals surface area contributed by atoms with Crippen LogP contribution in [0.3, 0.4) is 0 Å². The molecule has 1 aromatic carbocycles. The minimum atomic E-state index is 0.688. The number of hydrogen-bond acceptors (Lipinski definition) is 5. The molecule has 0 aliphatic heterocycles. The van der Waals surface area contributed by atoms with E-state index in [9.17, 15) is 0 Å². The standard InChI is InChI=1S/C15H20N2O2S/c1-3-19-14-6-4-12(5-7-14)15-17-13(11-20-15)10-16-8-9-18-2/h4-7,11,16H,3,8-10H2,1-2H3. The van der Waals surface area contributed by atoms with E-state index in [0.717, 1.165) is 41.7 Å². The second-order valence-corrected chi connectivity index (χ2v) is 5.13. The monoisotopic (exact) mass is 292 g/mol. The molecule has 0 bridgehead atoms. The molecule has 2 rings (SSSR count). The van der Waals surface area contributed by atoms with Crippen LogP contribution in [0.25, 0.3) is 10.6 Å². The average Bonchev–Trinajstić information content (AvgIpc) is 2.94. The van der Waals surface area contributed by atoms with Crippen molar-refractivity contribution >= 4 is 11.3 Å². The van der Waals surface area contributed by atoms with Gasteiger partial charge in [0, 0.05) is 31.1 Å². The van der Waals surface area contributed by atoms with Crippen molar-refractivity contribution in [2.24, 2.45) is 0 Å². The number of methoxy groups -OCH3 is 1. The van der Waals surface area contributed by atoms with Gasteiger partial charge in [-0.1, -0.05) is 0 Å². The van der Waals surface area contributed by atoms with Crippen molar-refractivity contribution in [1.29, 1.82) is 0 Å². The first-order valence-corrected chi connectivity index (χ1v) is 7.58. The molecule has 0 saturated carbocycles. The quantitative estimate of drug-likeness (QED) is 0.760. The lowest BCUT2D eigenvalue weighted by Crippen LogP contribution is -2.18. The predicted octanol–water partition coefficient (Wildman–Crippen LogP) is 2.94. The second kappa shape index (κ2) is 7.99. The van der Waals surface area contributed by atoms with E-state index in [1.165, 1.54) is 0 Å². The van der Waals surface area contributed by atoms with E-state index in [-0.39, 0.29) is 0 Å². The Balaban J connectivity index is 1.93. The summed E-state index contributed by atoms with van der Waals surface area (Å²) in [6.45, 7) is 5.00. The molecule has 0 amide bonds. The molecular weight excluding hydrogens is 272 g/mol. The first-order chi connectivity index (χ1) is 9.83. The van der Waals surface area contributed by atoms with Crippen LogP contribution >= 0.6 is 11.3 Å². The van der Waals surface area contributed by atoms with Crippen LogP contribution in [0.15, 0.2) is 29.6 Å². The van der Waals surface area contributed by atoms with Gasteiger partial charge in [-0.3, -0.25) is 0 Å². The number of ether oxygens (including phenoxy) is 2. The van der Waals surface area contributed by atoms with Crippen LogP contribution < -0.4 is 10.1 Å². The fraction of sp³-hybridized carbons (Fsp3) is 0.400. The number of nitrogens with one attached hydrogen (secondary N) is 1. The zero-order chi connectivity index (χ0) is 14.2. The summed E-state index contributed by atoms with van der Waals surface area (Å²) >= 11 is 1.66. The molecule has 1 N–H and O–H groups in total. The van der Waals surface area contributed by atoms with Crippen LogP contribution in [0.2, 0.25) is 0 Å². The Morgan fingerprint density at radius 1 is 1.25 bits per heavy atom. The van der Waals surface area contributed by atoms with Crippen molar-refractivity contribution in [2.75, 3.05) is 26.9 Å². The van der Waals surface area contributed by atoms with Crippen LogP contribution in [-0.4, -0.2) is 31.9 Å². The minimum absolute atomic E-state index is 0.688. The summed E-state index contributed by atoms with van der Waals surface area (Å²) in [5.74, 6) is 0.897. The summed E-state index contributed by atoms with van der Waals surface area (Å²) in [5.41, 5.74) is 2.19. The molecule has 0 fully saturated rings. The van der Waals surface area contributed by atoms with E-state index in [4.69, 9.17) is 9.47 Å². The molecule has 0 aliphatic rings. The maximum absolute atomic E-state index is 5.44. The average molecular weight is 292 g/mol. The molecule has 0 aliphatic carbocycles. The lowest BCUT2D eigenvalue weighted by atomic mass is 10.2. The summed E-state index contributed by atoms with van der Waals surface area (Å²) in [5, 5.41) is 6.42. The molecule has 108 valence electrons. The van der Waals surface area contributed by atoms with Gasteiger partial charge in [0.2, 0.25) is 0 Å². The van der Waals surface area contributed by atoms with Gasteiger partial charge in [0.1, 0.15) is 10.8 Å². The Labute approximate surface area is 123 Å². The van der Waals surface area contributed by atoms with Gasteiger partial charge in [0.05, 0.1) is 18.9 Å². The topological polar surface area (TPSA) is 43.4 Å². The van der Waals surface area contributed by atoms with Crippen LogP contribution in [-0.2, 0) is 11.3 Å². The van der Waals surface area contributed by atoms with Crippen LogP contribution in [0.5, 0.6) is 5.75 Å². The molecular formula is C15H20N2O2S. The Morgan fingerprint density at radius 2 is 2.05 bits per heavy atom. The Bertz CT molecular complexity index is 511. The highest BCUT2D eigenvalue weighted by Gasteiger charge is 2.04. The van der Waals surface area contributed by atoms with Crippen LogP contribution in [0.1, 0.15) is 12.6 Å². The molecule has 0 saturated heterocycles. The van der Waals surface area contributed by atoms with Gasteiger partial charge in [0.15, 0.2) is 0 Å². The number of aromatic nitrogens is 1. The van der Waals surface area contributed by atoms with Gasteiger partial charge in [-0.15, -0.1) is 11.3 Å². The van der Waals surface area contributed by atoms with Crippen molar-refractivity contribution in [3.8, 4) is 16.3 Å². The maximum atomic E-state index is 5.44. The second-order valence-electron chi connectivity index (χ2n) is 4.27. The van der Waals surface area contributed by atoms with E-state index >= 15 is 0 Å². The highest BCUT2D eigenvalue weighted by atomic mass is 32.1. The summed E-state index contributed by atoms with van der Waals surface area (Å²) in [6, 6.07) is 8.06. The Morgan fingerprint density at radius 3 is 2.75 bits per heavy atom. The number of hydrogen-bond donors (Lipinski definition) is 1. The van der Waals surface area contributed by atoms with Crippen LogP contribution in [0.4, 0.5) is 0 Å². The van der Waals surface area contributed by atoms with Crippen molar-refractivity contribution in [3.05, 3.63) is 35.3 Å². The Hall–Kier alpha value is -1.43. The third-order valence-corrected chi connectivity index (χ3v) is 3.69. The fourth-order valence-corrected chi connectivity index (χ4v) is 2.60. The van der Waals surface area contributed by atoms with E-state index < -0.39 is 0 Å². The van der Waals surface area contributed by atoms with Crippen LogP contribution in [0, 0.1) is 0 Å². The van der Waals surface area contributed by atoms with E-state index in [1.807, 2.05) is 31.2 Å². The van der Waals surface area contributed by atoms with Crippen molar-refractivity contribution in [3.63, 3.8) is 0 Å². The summed E-state index contributed by atoms with van der Waals surface area (Å²) in [6.07, 6.45) is 0. The highest BCUT2D eigenvalue weighted by molar-refractivity contribution is 7.13. The molecule has 0 spiro atoms. The zero-order valence-corrected chi connectivity index (χ0v) is 12.7. The largest absolute Gasteiger partial charge is 0.494 e. The van der Waals surface area contributed by atoms with E-state index in [1.54, 1.807) is 18.4 Å². The molecule has 0 radical (unpaired) electrons. The first-order valence-electron chi connectivity index (χ1n) is 6.70. The van der Waals surface area contributed by atoms with E-state index in [2.05, 4.69) is 15.7 Å². The molecule has 1 aromatic heterocycles. The lowest BCUT2D eigenvalue weighted by molar-refractivity contribution is 0.199. The normalized spacial score (nSPS) is 10.7. The SMILES string of the molecule is CCOc1ccc(-c2nc(CNCCOC)cs2)cc1. The zero-order valence-electron chi connectivity index (χ0n) is 11.9. The Kier molecular flexibility index (Phi) is 5.98. The molecule has 0 atom stereocenters. The third kappa shape index (κ3) is 4.30. The molecule has 4 nitrogen and oxygen atoms in total. The van der Waals surface area contributed by atoms with Crippen molar-refractivity contribution in [2.45, 2.75) is 13.5 Å². The van der Waals surface area contributed by atoms with Gasteiger partial charge in [0.25, 0.3) is 0 Å². The highest BCUT2D eigenvalue weighted by Crippen LogP contribution is 2.25. The van der Waals surface area contributed by atoms with E-state index in [0.29, 0.717) is 6.61 Å². The first kappa shape index (κ1) is 15.0. The lowest BCUT2D eigenvalue weighted by Gasteiger charge is -2.03. The van der Waals surface area contributed by atoms with Crippen molar-refractivity contribution in [1.82, 2.24) is 10.3 Å². The predicted molar refractivity (Wildman–Crippen MR) is 82.3 cm³/mol. The summed E-state index contributed by atoms with van der Waals surface area (Å²) in [4.78, 5) is 4.63.